The summed E-state index contributed by atoms with van der Waals surface area (Å²) in [5.74, 6) is 12.5. The minimum atomic E-state index is 0.681. The minimum Gasteiger partial charge on any atom is -0.0654 e. The average molecular weight is 982 g/mol. The minimum absolute atomic E-state index is 0.681. The van der Waals surface area contributed by atoms with E-state index in [0.717, 1.165) is 81.8 Å². The molecule has 70 heavy (non-hydrogen) atoms. The lowest BCUT2D eigenvalue weighted by Crippen LogP contribution is -2.31. The van der Waals surface area contributed by atoms with Crippen molar-refractivity contribution in [3.63, 3.8) is 0 Å². The fraction of sp³-hybridized carbons (Fsp3) is 1.00. The summed E-state index contributed by atoms with van der Waals surface area (Å²) in [5.41, 5.74) is 3.58. The van der Waals surface area contributed by atoms with Crippen LogP contribution in [0.25, 0.3) is 0 Å². The first-order valence-corrected chi connectivity index (χ1v) is 32.6. The summed E-state index contributed by atoms with van der Waals surface area (Å²) < 4.78 is 0. The molecule has 0 heterocycles. The zero-order chi connectivity index (χ0) is 53.3. The molecule has 10 rings (SSSR count). The van der Waals surface area contributed by atoms with E-state index in [2.05, 4.69) is 152 Å². The molecule has 0 aliphatic heterocycles. The van der Waals surface area contributed by atoms with Crippen LogP contribution >= 0.6 is 0 Å². The van der Waals surface area contributed by atoms with E-state index in [1.807, 2.05) is 0 Å². The van der Waals surface area contributed by atoms with Crippen molar-refractivity contribution in [2.45, 2.75) is 351 Å². The fourth-order valence-electron chi connectivity index (χ4n) is 12.5. The van der Waals surface area contributed by atoms with Gasteiger partial charge in [-0.1, -0.05) is 261 Å². The molecule has 0 aromatic carbocycles. The Balaban J connectivity index is 0.000000389. The van der Waals surface area contributed by atoms with Crippen LogP contribution in [0.1, 0.15) is 351 Å². The van der Waals surface area contributed by atoms with E-state index in [0.29, 0.717) is 16.2 Å². The summed E-state index contributed by atoms with van der Waals surface area (Å²) in [6.45, 7) is 51.3. The Bertz CT molecular complexity index is 1130. The van der Waals surface area contributed by atoms with Crippen molar-refractivity contribution in [1.82, 2.24) is 0 Å². The smallest absolute Gasteiger partial charge is 0.0328 e. The van der Waals surface area contributed by atoms with Crippen molar-refractivity contribution >= 4 is 0 Å². The Morgan fingerprint density at radius 1 is 0.414 bits per heavy atom. The average Bonchev–Trinajstić information content (AvgIpc) is 3.23. The van der Waals surface area contributed by atoms with Gasteiger partial charge in [0, 0.05) is 0 Å². The standard InChI is InChI=1S/10C7H14/c1-6-4-7(2,3)5-6;2*1-6-4-5-7(6,2)3;1-6(2)7-4-3-5-7;1-3-7-4-6(2)5-7;2*1-3-7(2)5-4-6-7;2*1-3-7-5-4-6(7)2;1-2-4-7-5-3-6-7/h3*6H,4-5H2,1-3H3;2*6-7H,3-5H2,1-2H3;2*3-6H2,1-2H3;2*6-7H,3-5H2,1-2H3;7H,2-6H2,1H3/t;6-;;;;;;6-,7?;;/m.0.....0../s1. The monoisotopic (exact) mass is 981 g/mol. The molecule has 4 unspecified atom stereocenters. The highest BCUT2D eigenvalue weighted by atomic mass is 14.4. The second-order valence-electron chi connectivity index (χ2n) is 30.4. The summed E-state index contributed by atoms with van der Waals surface area (Å²) in [6, 6.07) is 0. The van der Waals surface area contributed by atoms with Gasteiger partial charge in [0.05, 0.1) is 0 Å². The van der Waals surface area contributed by atoms with Crippen LogP contribution in [0.15, 0.2) is 0 Å². The first-order chi connectivity index (χ1) is 32.6. The molecule has 10 saturated carbocycles. The van der Waals surface area contributed by atoms with Gasteiger partial charge in [-0.25, -0.2) is 0 Å². The lowest BCUT2D eigenvalue weighted by Gasteiger charge is -2.42. The molecule has 10 aliphatic rings. The third-order valence-electron chi connectivity index (χ3n) is 22.4. The van der Waals surface area contributed by atoms with Crippen LogP contribution in [-0.4, -0.2) is 0 Å². The van der Waals surface area contributed by atoms with Crippen molar-refractivity contribution < 1.29 is 0 Å². The molecule has 10 fully saturated rings. The molecule has 0 spiro atoms. The Morgan fingerprint density at radius 2 is 0.800 bits per heavy atom. The topological polar surface area (TPSA) is 0 Å². The zero-order valence-corrected chi connectivity index (χ0v) is 53.3. The molecule has 0 aromatic heterocycles. The normalized spacial score (nSPS) is 32.3. The van der Waals surface area contributed by atoms with Gasteiger partial charge in [0.1, 0.15) is 0 Å². The van der Waals surface area contributed by atoms with Crippen LogP contribution in [0.2, 0.25) is 0 Å². The van der Waals surface area contributed by atoms with Gasteiger partial charge in [0.25, 0.3) is 0 Å². The molecule has 0 saturated heterocycles. The third kappa shape index (κ3) is 26.7. The van der Waals surface area contributed by atoms with Gasteiger partial charge < -0.3 is 0 Å². The van der Waals surface area contributed by atoms with Crippen LogP contribution in [0, 0.1) is 98.1 Å². The van der Waals surface area contributed by atoms with Crippen molar-refractivity contribution in [3.8, 4) is 0 Å². The molecule has 0 radical (unpaired) electrons. The maximum Gasteiger partial charge on any atom is -0.0328 e. The van der Waals surface area contributed by atoms with E-state index in [-0.39, 0.29) is 0 Å². The molecule has 0 bridgehead atoms. The summed E-state index contributed by atoms with van der Waals surface area (Å²) >= 11 is 0. The van der Waals surface area contributed by atoms with E-state index < -0.39 is 0 Å². The lowest BCUT2D eigenvalue weighted by atomic mass is 9.64. The summed E-state index contributed by atoms with van der Waals surface area (Å²) in [6.07, 6.45) is 45.4. The highest BCUT2D eigenvalue weighted by Gasteiger charge is 2.35. The third-order valence-corrected chi connectivity index (χ3v) is 22.4. The van der Waals surface area contributed by atoms with Crippen molar-refractivity contribution in [1.29, 1.82) is 0 Å². The van der Waals surface area contributed by atoms with Gasteiger partial charge >= 0.3 is 0 Å². The van der Waals surface area contributed by atoms with Gasteiger partial charge in [-0.05, 0) is 188 Å². The lowest BCUT2D eigenvalue weighted by molar-refractivity contribution is 0.0891. The number of hydrogen-bond acceptors (Lipinski definition) is 0. The van der Waals surface area contributed by atoms with Gasteiger partial charge in [-0.3, -0.25) is 0 Å². The molecule has 10 aliphatic carbocycles. The predicted molar refractivity (Wildman–Crippen MR) is 322 cm³/mol. The zero-order valence-electron chi connectivity index (χ0n) is 53.3. The highest BCUT2D eigenvalue weighted by molar-refractivity contribution is 4.87. The molecule has 0 heteroatoms. The predicted octanol–water partition coefficient (Wildman–Crippen LogP) is 24.9. The quantitative estimate of drug-likeness (QED) is 0.227. The largest absolute Gasteiger partial charge is 0.0654 e. The molecule has 0 nitrogen and oxygen atoms in total. The first-order valence-electron chi connectivity index (χ1n) is 32.6. The van der Waals surface area contributed by atoms with E-state index >= 15 is 0 Å². The molecular formula is C70H140. The SMILES string of the molecule is CC(C)C1CCC1.CC1CC(C)(C)C1.CC1CCC1(C)C.CCC1(C)CCC1.CCC1(C)CCC1.CCC1CC(C)C1.CCC1CCC1C.CCC1CC[C@@H]1C.CCCC1CCC1.C[C@H]1CCC1(C)C. The maximum absolute atomic E-state index is 2.39. The first kappa shape index (κ1) is 68.0. The Labute approximate surface area is 447 Å². The van der Waals surface area contributed by atoms with E-state index in [4.69, 9.17) is 0 Å². The highest BCUT2D eigenvalue weighted by Crippen LogP contribution is 2.47. The summed E-state index contributed by atoms with van der Waals surface area (Å²) in [4.78, 5) is 0. The summed E-state index contributed by atoms with van der Waals surface area (Å²) in [5, 5.41) is 0. The van der Waals surface area contributed by atoms with Crippen molar-refractivity contribution in [2.75, 3.05) is 0 Å². The second-order valence-corrected chi connectivity index (χ2v) is 30.4. The van der Waals surface area contributed by atoms with Gasteiger partial charge in [-0.2, -0.15) is 0 Å². The summed E-state index contributed by atoms with van der Waals surface area (Å²) in [7, 11) is 0. The molecule has 0 N–H and O–H groups in total. The van der Waals surface area contributed by atoms with Crippen LogP contribution in [0.3, 0.4) is 0 Å². The van der Waals surface area contributed by atoms with Crippen molar-refractivity contribution in [3.05, 3.63) is 0 Å². The van der Waals surface area contributed by atoms with E-state index in [9.17, 15) is 0 Å². The van der Waals surface area contributed by atoms with Crippen molar-refractivity contribution in [2.24, 2.45) is 98.1 Å². The Morgan fingerprint density at radius 3 is 0.829 bits per heavy atom. The molecule has 420 valence electrons. The van der Waals surface area contributed by atoms with E-state index in [1.54, 1.807) is 0 Å². The van der Waals surface area contributed by atoms with Gasteiger partial charge in [0.2, 0.25) is 0 Å². The Kier molecular flexibility index (Phi) is 32.9. The van der Waals surface area contributed by atoms with Crippen LogP contribution in [0.4, 0.5) is 0 Å². The Hall–Kier alpha value is 0. The molecule has 0 aromatic rings. The van der Waals surface area contributed by atoms with Gasteiger partial charge in [-0.15, -0.1) is 0 Å². The van der Waals surface area contributed by atoms with Crippen LogP contribution in [-0.2, 0) is 0 Å². The number of hydrogen-bond donors (Lipinski definition) is 0. The van der Waals surface area contributed by atoms with Crippen LogP contribution < -0.4 is 0 Å². The number of rotatable bonds is 8. The molecule has 6 atom stereocenters. The van der Waals surface area contributed by atoms with Gasteiger partial charge in [0.15, 0.2) is 0 Å². The maximum atomic E-state index is 2.39. The molecule has 0 amide bonds. The fourth-order valence-corrected chi connectivity index (χ4v) is 12.5. The van der Waals surface area contributed by atoms with E-state index in [1.165, 1.54) is 199 Å². The molecular weight excluding hydrogens is 841 g/mol. The second kappa shape index (κ2) is 33.9. The van der Waals surface area contributed by atoms with Crippen LogP contribution in [0.5, 0.6) is 0 Å².